The topological polar surface area (TPSA) is 26.0 Å². The lowest BCUT2D eigenvalue weighted by Gasteiger charge is -2.12. The van der Waals surface area contributed by atoms with E-state index in [9.17, 15) is 30.7 Å². The predicted molar refractivity (Wildman–Crippen MR) is 108 cm³/mol. The highest BCUT2D eigenvalue weighted by atomic mass is 19.4. The highest BCUT2D eigenvalue weighted by Gasteiger charge is 2.30. The van der Waals surface area contributed by atoms with E-state index in [0.717, 1.165) is 24.3 Å². The van der Waals surface area contributed by atoms with E-state index in [2.05, 4.69) is 10.3 Å². The van der Waals surface area contributed by atoms with Gasteiger partial charge in [-0.25, -0.2) is 9.38 Å². The molecule has 0 heterocycles. The molecule has 0 atom stereocenters. The number of hydrogen-bond acceptors (Lipinski definition) is 1. The van der Waals surface area contributed by atoms with Gasteiger partial charge in [0.15, 0.2) is 6.21 Å². The summed E-state index contributed by atoms with van der Waals surface area (Å²) in [7, 11) is 0. The first-order chi connectivity index (χ1) is 15.0. The molecule has 2 N–H and O–H groups in total. The molecule has 0 saturated heterocycles. The van der Waals surface area contributed by atoms with Crippen LogP contribution in [0.15, 0.2) is 78.9 Å². The first kappa shape index (κ1) is 23.1. The number of halogens is 7. The van der Waals surface area contributed by atoms with Crippen LogP contribution in [-0.4, -0.2) is 6.21 Å². The first-order valence-corrected chi connectivity index (χ1v) is 9.20. The van der Waals surface area contributed by atoms with Crippen molar-refractivity contribution in [3.8, 4) is 0 Å². The molecule has 0 aliphatic heterocycles. The summed E-state index contributed by atoms with van der Waals surface area (Å²) in [4.78, 5) is 2.82. The minimum atomic E-state index is -4.46. The molecular formula is C23H16F7N2+. The lowest BCUT2D eigenvalue weighted by atomic mass is 10.1. The molecule has 3 aromatic rings. The Morgan fingerprint density at radius 2 is 1.19 bits per heavy atom. The zero-order chi connectivity index (χ0) is 23.4. The van der Waals surface area contributed by atoms with E-state index >= 15 is 0 Å². The van der Waals surface area contributed by atoms with Crippen molar-refractivity contribution in [3.63, 3.8) is 0 Å². The van der Waals surface area contributed by atoms with Crippen molar-refractivity contribution >= 4 is 23.3 Å². The summed E-state index contributed by atoms with van der Waals surface area (Å²) in [6.07, 6.45) is -5.93. The van der Waals surface area contributed by atoms with Gasteiger partial charge in [-0.3, -0.25) is 0 Å². The molecule has 32 heavy (non-hydrogen) atoms. The van der Waals surface area contributed by atoms with Crippen LogP contribution in [0.2, 0.25) is 0 Å². The fourth-order valence-corrected chi connectivity index (χ4v) is 2.71. The third kappa shape index (κ3) is 6.19. The molecule has 0 aliphatic rings. The second kappa shape index (κ2) is 9.25. The van der Waals surface area contributed by atoms with Crippen LogP contribution in [0.5, 0.6) is 0 Å². The van der Waals surface area contributed by atoms with Crippen LogP contribution >= 0.6 is 0 Å². The number of hydrogen-bond donors (Lipinski definition) is 2. The largest absolute Gasteiger partial charge is 0.416 e. The molecule has 0 saturated carbocycles. The minimum Gasteiger partial charge on any atom is -0.355 e. The Labute approximate surface area is 178 Å². The predicted octanol–water partition coefficient (Wildman–Crippen LogP) is 5.80. The molecular weight excluding hydrogens is 437 g/mol. The Morgan fingerprint density at radius 1 is 0.688 bits per heavy atom. The highest BCUT2D eigenvalue weighted by Crippen LogP contribution is 2.31. The molecule has 0 spiro atoms. The molecule has 0 aromatic heterocycles. The standard InChI is InChI=1S/C23H15F7N2/c24-18-7-1-15(2-8-18)21(32-20-11-5-17(6-12-20)23(28,29)30)13-14-31-19-9-3-16(4-10-19)22(25,26)27/h1-14,32H/p+1. The van der Waals surface area contributed by atoms with E-state index in [1.165, 1.54) is 60.8 Å². The van der Waals surface area contributed by atoms with Gasteiger partial charge in [0, 0.05) is 23.9 Å². The Kier molecular flexibility index (Phi) is 6.67. The van der Waals surface area contributed by atoms with E-state index in [1.54, 1.807) is 0 Å². The average molecular weight is 453 g/mol. The van der Waals surface area contributed by atoms with Crippen LogP contribution in [0, 0.1) is 5.82 Å². The quantitative estimate of drug-likeness (QED) is 0.371. The lowest BCUT2D eigenvalue weighted by Crippen LogP contribution is -2.61. The summed E-state index contributed by atoms with van der Waals surface area (Å²) in [6.45, 7) is 0. The van der Waals surface area contributed by atoms with Crippen LogP contribution in [0.25, 0.3) is 5.70 Å². The van der Waals surface area contributed by atoms with Crippen molar-refractivity contribution in [2.75, 3.05) is 5.32 Å². The van der Waals surface area contributed by atoms with Gasteiger partial charge in [0.05, 0.1) is 16.8 Å². The Balaban J connectivity index is 1.85. The maximum atomic E-state index is 13.3. The Bertz CT molecular complexity index is 1090. The van der Waals surface area contributed by atoms with Crippen LogP contribution in [0.3, 0.4) is 0 Å². The molecule has 3 rings (SSSR count). The Hall–Kier alpha value is -3.62. The minimum absolute atomic E-state index is 0.358. The van der Waals surface area contributed by atoms with Gasteiger partial charge in [0.1, 0.15) is 5.82 Å². The van der Waals surface area contributed by atoms with Crippen molar-refractivity contribution < 1.29 is 35.7 Å². The second-order valence-electron chi connectivity index (χ2n) is 6.67. The van der Waals surface area contributed by atoms with Gasteiger partial charge in [-0.15, -0.1) is 0 Å². The van der Waals surface area contributed by atoms with Gasteiger partial charge in [-0.2, -0.15) is 26.3 Å². The van der Waals surface area contributed by atoms with Gasteiger partial charge in [-0.05, 0) is 66.2 Å². The summed E-state index contributed by atoms with van der Waals surface area (Å²) in [6, 6.07) is 14.1. The van der Waals surface area contributed by atoms with Crippen molar-refractivity contribution in [1.29, 1.82) is 0 Å². The normalized spacial score (nSPS) is 12.9. The monoisotopic (exact) mass is 453 g/mol. The maximum Gasteiger partial charge on any atom is 0.416 e. The van der Waals surface area contributed by atoms with Gasteiger partial charge in [0.25, 0.3) is 0 Å². The number of alkyl halides is 6. The van der Waals surface area contributed by atoms with Gasteiger partial charge in [0.2, 0.25) is 5.69 Å². The Morgan fingerprint density at radius 3 is 1.69 bits per heavy atom. The van der Waals surface area contributed by atoms with E-state index in [1.807, 2.05) is 0 Å². The first-order valence-electron chi connectivity index (χ1n) is 9.20. The molecule has 3 aromatic carbocycles. The van der Waals surface area contributed by atoms with E-state index < -0.39 is 29.3 Å². The maximum absolute atomic E-state index is 13.3. The van der Waals surface area contributed by atoms with Crippen LogP contribution in [-0.2, 0) is 12.4 Å². The number of allylic oxidation sites excluding steroid dienone is 1. The van der Waals surface area contributed by atoms with Crippen LogP contribution < -0.4 is 10.3 Å². The van der Waals surface area contributed by atoms with Crippen LogP contribution in [0.4, 0.5) is 42.1 Å². The number of benzene rings is 3. The highest BCUT2D eigenvalue weighted by molar-refractivity contribution is 5.87. The summed E-state index contributed by atoms with van der Waals surface area (Å²) < 4.78 is 89.5. The molecule has 0 bridgehead atoms. The van der Waals surface area contributed by atoms with E-state index in [4.69, 9.17) is 0 Å². The lowest BCUT2D eigenvalue weighted by molar-refractivity contribution is -0.346. The van der Waals surface area contributed by atoms with E-state index in [0.29, 0.717) is 22.6 Å². The molecule has 9 heteroatoms. The van der Waals surface area contributed by atoms with E-state index in [-0.39, 0.29) is 0 Å². The third-order valence-corrected chi connectivity index (χ3v) is 4.36. The third-order valence-electron chi connectivity index (χ3n) is 4.36. The molecule has 0 fully saturated rings. The fraction of sp³-hybridized carbons (Fsp3) is 0.0870. The average Bonchev–Trinajstić information content (AvgIpc) is 2.73. The smallest absolute Gasteiger partial charge is 0.355 e. The summed E-state index contributed by atoms with van der Waals surface area (Å²) >= 11 is 0. The van der Waals surface area contributed by atoms with Crippen LogP contribution in [0.1, 0.15) is 16.7 Å². The van der Waals surface area contributed by atoms with Crippen molar-refractivity contribution in [1.82, 2.24) is 0 Å². The van der Waals surface area contributed by atoms with Gasteiger partial charge in [-0.1, -0.05) is 0 Å². The number of nitrogens with one attached hydrogen (secondary N) is 2. The molecule has 2 nitrogen and oxygen atoms in total. The van der Waals surface area contributed by atoms with Gasteiger partial charge >= 0.3 is 12.4 Å². The number of rotatable bonds is 5. The van der Waals surface area contributed by atoms with Crippen molar-refractivity contribution in [2.45, 2.75) is 12.4 Å². The summed E-state index contributed by atoms with van der Waals surface area (Å²) in [5.74, 6) is -0.463. The number of anilines is 1. The second-order valence-corrected chi connectivity index (χ2v) is 6.67. The summed E-state index contributed by atoms with van der Waals surface area (Å²) in [5.41, 5.74) is 0.125. The molecule has 166 valence electrons. The molecule has 0 unspecified atom stereocenters. The molecule has 0 amide bonds. The SMILES string of the molecule is Fc1ccc(C(=CC=[NH+]c2ccc(C(F)(F)F)cc2)Nc2ccc(C(F)(F)F)cc2)cc1. The molecule has 0 aliphatic carbocycles. The van der Waals surface area contributed by atoms with Crippen molar-refractivity contribution in [2.24, 2.45) is 0 Å². The van der Waals surface area contributed by atoms with Crippen molar-refractivity contribution in [3.05, 3.63) is 101 Å². The fourth-order valence-electron chi connectivity index (χ4n) is 2.71. The summed E-state index contributed by atoms with van der Waals surface area (Å²) in [5, 5.41) is 2.96. The zero-order valence-corrected chi connectivity index (χ0v) is 16.2. The zero-order valence-electron chi connectivity index (χ0n) is 16.2. The molecule has 0 radical (unpaired) electrons. The van der Waals surface area contributed by atoms with Gasteiger partial charge < -0.3 is 5.32 Å².